The van der Waals surface area contributed by atoms with E-state index >= 15 is 0 Å². The predicted octanol–water partition coefficient (Wildman–Crippen LogP) is 4.99. The summed E-state index contributed by atoms with van der Waals surface area (Å²) in [5.41, 5.74) is 0.616. The smallest absolute Gasteiger partial charge is 0.405 e. The maximum atomic E-state index is 12.6. The number of benzene rings is 2. The molecule has 8 nitrogen and oxygen atoms in total. The number of hydrogen-bond acceptors (Lipinski definition) is 6. The lowest BCUT2D eigenvalue weighted by molar-refractivity contribution is -0.384. The summed E-state index contributed by atoms with van der Waals surface area (Å²) in [6, 6.07) is 14.2. The molecule has 0 aliphatic heterocycles. The van der Waals surface area contributed by atoms with E-state index in [4.69, 9.17) is 0 Å². The van der Waals surface area contributed by atoms with Gasteiger partial charge in [-0.1, -0.05) is 24.3 Å². The molecule has 2 N–H and O–H groups in total. The molecule has 33 heavy (non-hydrogen) atoms. The van der Waals surface area contributed by atoms with Crippen molar-refractivity contribution in [3.8, 4) is 5.75 Å². The Kier molecular flexibility index (Phi) is 7.11. The molecule has 1 heterocycles. The molecule has 0 aliphatic carbocycles. The predicted molar refractivity (Wildman–Crippen MR) is 114 cm³/mol. The van der Waals surface area contributed by atoms with Gasteiger partial charge in [0.25, 0.3) is 11.6 Å². The largest absolute Gasteiger partial charge is 0.573 e. The van der Waals surface area contributed by atoms with E-state index in [-0.39, 0.29) is 35.1 Å². The van der Waals surface area contributed by atoms with Gasteiger partial charge >= 0.3 is 6.36 Å². The highest BCUT2D eigenvalue weighted by atomic mass is 19.4. The maximum Gasteiger partial charge on any atom is 0.573 e. The highest BCUT2D eigenvalue weighted by Gasteiger charge is 2.32. The van der Waals surface area contributed by atoms with Gasteiger partial charge < -0.3 is 15.4 Å². The lowest BCUT2D eigenvalue weighted by atomic mass is 10.1. The first-order valence-electron chi connectivity index (χ1n) is 9.72. The minimum absolute atomic E-state index is 0.0213. The van der Waals surface area contributed by atoms with Crippen LogP contribution in [0.25, 0.3) is 0 Å². The van der Waals surface area contributed by atoms with Crippen molar-refractivity contribution < 1.29 is 27.6 Å². The van der Waals surface area contributed by atoms with Crippen molar-refractivity contribution in [3.05, 3.63) is 93.8 Å². The normalized spacial score (nSPS) is 12.0. The quantitative estimate of drug-likeness (QED) is 0.362. The van der Waals surface area contributed by atoms with E-state index in [1.807, 2.05) is 0 Å². The van der Waals surface area contributed by atoms with Crippen molar-refractivity contribution in [1.82, 2.24) is 10.3 Å². The molecule has 0 saturated carbocycles. The van der Waals surface area contributed by atoms with Crippen molar-refractivity contribution in [2.75, 3.05) is 5.32 Å². The highest BCUT2D eigenvalue weighted by molar-refractivity contribution is 5.95. The number of aromatic nitrogens is 1. The summed E-state index contributed by atoms with van der Waals surface area (Å²) in [6.45, 7) is 1.52. The fraction of sp³-hybridized carbons (Fsp3) is 0.182. The van der Waals surface area contributed by atoms with Crippen LogP contribution >= 0.6 is 0 Å². The van der Waals surface area contributed by atoms with Crippen LogP contribution in [0.3, 0.4) is 0 Å². The highest BCUT2D eigenvalue weighted by Crippen LogP contribution is 2.29. The molecule has 172 valence electrons. The van der Waals surface area contributed by atoms with Gasteiger partial charge in [0.05, 0.1) is 16.7 Å². The molecular weight excluding hydrogens is 441 g/mol. The number of nitro groups is 1. The average molecular weight is 460 g/mol. The van der Waals surface area contributed by atoms with Crippen LogP contribution < -0.4 is 15.4 Å². The lowest BCUT2D eigenvalue weighted by Crippen LogP contribution is -2.24. The van der Waals surface area contributed by atoms with Crippen LogP contribution in [0.5, 0.6) is 5.75 Å². The molecule has 0 fully saturated rings. The lowest BCUT2D eigenvalue weighted by Gasteiger charge is -2.15. The Morgan fingerprint density at radius 2 is 1.88 bits per heavy atom. The Hall–Kier alpha value is -4.15. The van der Waals surface area contributed by atoms with Crippen LogP contribution in [0.2, 0.25) is 0 Å². The van der Waals surface area contributed by atoms with Crippen LogP contribution in [-0.4, -0.2) is 22.2 Å². The summed E-state index contributed by atoms with van der Waals surface area (Å²) in [5.74, 6) is -1.14. The third-order valence-corrected chi connectivity index (χ3v) is 4.60. The minimum Gasteiger partial charge on any atom is -0.405 e. The number of nitrogens with one attached hydrogen (secondary N) is 2. The first-order valence-corrected chi connectivity index (χ1v) is 9.72. The Balaban J connectivity index is 1.74. The fourth-order valence-electron chi connectivity index (χ4n) is 3.04. The van der Waals surface area contributed by atoms with Crippen LogP contribution in [0, 0.1) is 10.1 Å². The van der Waals surface area contributed by atoms with E-state index in [9.17, 15) is 28.1 Å². The van der Waals surface area contributed by atoms with Crippen molar-refractivity contribution >= 4 is 17.3 Å². The van der Waals surface area contributed by atoms with Crippen LogP contribution in [0.1, 0.15) is 34.6 Å². The summed E-state index contributed by atoms with van der Waals surface area (Å²) in [4.78, 5) is 27.7. The molecule has 2 aromatic carbocycles. The van der Waals surface area contributed by atoms with Crippen molar-refractivity contribution in [1.29, 1.82) is 0 Å². The summed E-state index contributed by atoms with van der Waals surface area (Å²) >= 11 is 0. The molecule has 11 heteroatoms. The van der Waals surface area contributed by atoms with Crippen molar-refractivity contribution in [2.24, 2.45) is 0 Å². The van der Waals surface area contributed by atoms with Gasteiger partial charge in [0.2, 0.25) is 0 Å². The molecule has 0 radical (unpaired) electrons. The molecule has 1 aromatic heterocycles. The topological polar surface area (TPSA) is 106 Å². The Labute approximate surface area is 186 Å². The SMILES string of the molecule is CC(Nc1ccc(C(=O)NCc2ccccc2OC(F)(F)F)cc1[N+](=O)[O-])c1ccccn1. The van der Waals surface area contributed by atoms with Gasteiger partial charge in [0, 0.05) is 29.9 Å². The number of alkyl halides is 3. The summed E-state index contributed by atoms with van der Waals surface area (Å²) in [5, 5.41) is 17.0. The summed E-state index contributed by atoms with van der Waals surface area (Å²) in [6.07, 6.45) is -3.27. The number of amides is 1. The fourth-order valence-corrected chi connectivity index (χ4v) is 3.04. The zero-order valence-electron chi connectivity index (χ0n) is 17.3. The van der Waals surface area contributed by atoms with Gasteiger partial charge in [-0.3, -0.25) is 19.9 Å². The van der Waals surface area contributed by atoms with E-state index in [1.165, 1.54) is 30.3 Å². The third-order valence-electron chi connectivity index (χ3n) is 4.60. The monoisotopic (exact) mass is 460 g/mol. The minimum atomic E-state index is -4.88. The summed E-state index contributed by atoms with van der Waals surface area (Å²) in [7, 11) is 0. The van der Waals surface area contributed by atoms with E-state index in [2.05, 4.69) is 20.4 Å². The number of para-hydroxylation sites is 1. The number of nitro benzene ring substituents is 1. The third kappa shape index (κ3) is 6.42. The number of nitrogens with zero attached hydrogens (tertiary/aromatic N) is 2. The van der Waals surface area contributed by atoms with Crippen molar-refractivity contribution in [2.45, 2.75) is 25.9 Å². The molecule has 0 bridgehead atoms. The second-order valence-corrected chi connectivity index (χ2v) is 6.95. The number of carbonyl (C=O) groups is 1. The number of halogens is 3. The molecule has 3 aromatic rings. The van der Waals surface area contributed by atoms with E-state index in [0.717, 1.165) is 12.1 Å². The van der Waals surface area contributed by atoms with E-state index in [1.54, 1.807) is 31.3 Å². The molecule has 1 atom stereocenters. The number of rotatable bonds is 8. The van der Waals surface area contributed by atoms with Gasteiger partial charge in [-0.2, -0.15) is 0 Å². The zero-order valence-corrected chi connectivity index (χ0v) is 17.3. The second-order valence-electron chi connectivity index (χ2n) is 6.95. The molecule has 1 unspecified atom stereocenters. The molecule has 1 amide bonds. The second kappa shape index (κ2) is 9.98. The number of hydrogen-bond donors (Lipinski definition) is 2. The first kappa shape index (κ1) is 23.5. The van der Waals surface area contributed by atoms with Crippen molar-refractivity contribution in [3.63, 3.8) is 0 Å². The van der Waals surface area contributed by atoms with Gasteiger partial charge in [0.1, 0.15) is 11.4 Å². The number of pyridine rings is 1. The molecular formula is C22H19F3N4O4. The molecule has 0 aliphatic rings. The van der Waals surface area contributed by atoms with Gasteiger partial charge in [-0.05, 0) is 37.3 Å². The van der Waals surface area contributed by atoms with Gasteiger partial charge in [-0.25, -0.2) is 0 Å². The van der Waals surface area contributed by atoms with E-state index in [0.29, 0.717) is 5.69 Å². The average Bonchev–Trinajstić information content (AvgIpc) is 2.78. The Morgan fingerprint density at radius 3 is 2.55 bits per heavy atom. The van der Waals surface area contributed by atoms with E-state index < -0.39 is 22.9 Å². The van der Waals surface area contributed by atoms with Crippen LogP contribution in [0.4, 0.5) is 24.5 Å². The molecule has 0 spiro atoms. The first-order chi connectivity index (χ1) is 15.6. The maximum absolute atomic E-state index is 12.6. The van der Waals surface area contributed by atoms with Gasteiger partial charge in [-0.15, -0.1) is 13.2 Å². The van der Waals surface area contributed by atoms with Crippen LogP contribution in [-0.2, 0) is 6.54 Å². The molecule has 0 saturated heterocycles. The standard InChI is InChI=1S/C22H19F3N4O4/c1-14(17-7-4-5-11-26-17)28-18-10-9-15(12-19(18)29(31)32)21(30)27-13-16-6-2-3-8-20(16)33-22(23,24)25/h2-12,14,28H,13H2,1H3,(H,27,30). The number of carbonyl (C=O) groups excluding carboxylic acids is 1. The Morgan fingerprint density at radius 1 is 1.15 bits per heavy atom. The van der Waals surface area contributed by atoms with Crippen LogP contribution in [0.15, 0.2) is 66.9 Å². The number of anilines is 1. The zero-order chi connectivity index (χ0) is 24.0. The molecule has 3 rings (SSSR count). The number of ether oxygens (including phenoxy) is 1. The van der Waals surface area contributed by atoms with Gasteiger partial charge in [0.15, 0.2) is 0 Å². The Bertz CT molecular complexity index is 1140. The summed E-state index contributed by atoms with van der Waals surface area (Å²) < 4.78 is 41.6.